The van der Waals surface area contributed by atoms with E-state index in [4.69, 9.17) is 5.73 Å². The van der Waals surface area contributed by atoms with Gasteiger partial charge in [0.05, 0.1) is 4.92 Å². The van der Waals surface area contributed by atoms with Gasteiger partial charge in [0, 0.05) is 23.7 Å². The zero-order valence-electron chi connectivity index (χ0n) is 8.19. The Kier molecular flexibility index (Phi) is 3.35. The lowest BCUT2D eigenvalue weighted by Crippen LogP contribution is -2.13. The quantitative estimate of drug-likeness (QED) is 0.554. The molecule has 0 aliphatic rings. The first-order chi connectivity index (χ1) is 7.06. The van der Waals surface area contributed by atoms with Crippen molar-refractivity contribution in [1.29, 1.82) is 0 Å². The summed E-state index contributed by atoms with van der Waals surface area (Å²) in [6.07, 6.45) is 0. The number of benzene rings is 1. The van der Waals surface area contributed by atoms with E-state index in [1.165, 1.54) is 18.2 Å². The molecule has 6 heteroatoms. The zero-order chi connectivity index (χ0) is 11.4. The van der Waals surface area contributed by atoms with E-state index in [2.05, 4.69) is 5.32 Å². The van der Waals surface area contributed by atoms with Crippen LogP contribution in [-0.4, -0.2) is 17.9 Å². The van der Waals surface area contributed by atoms with Gasteiger partial charge < -0.3 is 11.1 Å². The van der Waals surface area contributed by atoms with Crippen molar-refractivity contribution in [2.75, 3.05) is 7.05 Å². The van der Waals surface area contributed by atoms with E-state index in [9.17, 15) is 14.9 Å². The molecule has 0 atom stereocenters. The van der Waals surface area contributed by atoms with Gasteiger partial charge in [-0.25, -0.2) is 0 Å². The number of nitrogens with zero attached hydrogens (tertiary/aromatic N) is 1. The van der Waals surface area contributed by atoms with Crippen molar-refractivity contribution >= 4 is 11.6 Å². The molecule has 0 unspecified atom stereocenters. The Hall–Kier alpha value is -1.95. The summed E-state index contributed by atoms with van der Waals surface area (Å²) in [5, 5.41) is 13.5. The summed E-state index contributed by atoms with van der Waals surface area (Å²) in [7, 11) is 1.69. The first-order valence-electron chi connectivity index (χ1n) is 4.28. The Morgan fingerprint density at radius 1 is 1.60 bits per heavy atom. The summed E-state index contributed by atoms with van der Waals surface area (Å²) in [6, 6.07) is 4.19. The van der Waals surface area contributed by atoms with E-state index in [0.717, 1.165) is 0 Å². The number of carbonyl (C=O) groups is 1. The fourth-order valence-corrected chi connectivity index (χ4v) is 1.23. The second kappa shape index (κ2) is 4.52. The van der Waals surface area contributed by atoms with Gasteiger partial charge in [0.15, 0.2) is 0 Å². The van der Waals surface area contributed by atoms with Crippen molar-refractivity contribution in [1.82, 2.24) is 5.32 Å². The highest BCUT2D eigenvalue weighted by molar-refractivity contribution is 5.93. The molecule has 6 nitrogen and oxygen atoms in total. The minimum Gasteiger partial charge on any atom is -0.366 e. The minimum absolute atomic E-state index is 0.0966. The predicted octanol–water partition coefficient (Wildman–Crippen LogP) is 0.413. The molecule has 0 saturated heterocycles. The summed E-state index contributed by atoms with van der Waals surface area (Å²) >= 11 is 0. The van der Waals surface area contributed by atoms with Crippen LogP contribution in [0.15, 0.2) is 18.2 Å². The molecule has 0 saturated carbocycles. The van der Waals surface area contributed by atoms with Gasteiger partial charge in [-0.3, -0.25) is 14.9 Å². The topological polar surface area (TPSA) is 98.3 Å². The first kappa shape index (κ1) is 11.1. The van der Waals surface area contributed by atoms with Crippen LogP contribution in [0.4, 0.5) is 5.69 Å². The number of nitro benzene ring substituents is 1. The summed E-state index contributed by atoms with van der Waals surface area (Å²) in [4.78, 5) is 21.0. The maximum atomic E-state index is 10.8. The van der Waals surface area contributed by atoms with Crippen molar-refractivity contribution in [2.45, 2.75) is 6.54 Å². The normalized spacial score (nSPS) is 9.93. The number of rotatable bonds is 4. The highest BCUT2D eigenvalue weighted by atomic mass is 16.6. The van der Waals surface area contributed by atoms with Crippen molar-refractivity contribution in [2.24, 2.45) is 5.73 Å². The molecule has 1 amide bonds. The first-order valence-corrected chi connectivity index (χ1v) is 4.28. The van der Waals surface area contributed by atoms with Gasteiger partial charge in [0.2, 0.25) is 5.91 Å². The number of primary amides is 1. The molecule has 0 fully saturated rings. The average Bonchev–Trinajstić information content (AvgIpc) is 2.18. The zero-order valence-corrected chi connectivity index (χ0v) is 8.19. The van der Waals surface area contributed by atoms with Crippen molar-refractivity contribution in [3.05, 3.63) is 39.4 Å². The number of carbonyl (C=O) groups excluding carboxylic acids is 1. The molecule has 0 aliphatic carbocycles. The van der Waals surface area contributed by atoms with E-state index in [0.29, 0.717) is 12.1 Å². The van der Waals surface area contributed by atoms with E-state index in [1.54, 1.807) is 7.05 Å². The Bertz CT molecular complexity index is 404. The predicted molar refractivity (Wildman–Crippen MR) is 54.4 cm³/mol. The van der Waals surface area contributed by atoms with Crippen molar-refractivity contribution in [3.63, 3.8) is 0 Å². The molecule has 1 aromatic carbocycles. The Balaban J connectivity index is 3.20. The van der Waals surface area contributed by atoms with E-state index in [1.807, 2.05) is 0 Å². The molecule has 15 heavy (non-hydrogen) atoms. The van der Waals surface area contributed by atoms with Gasteiger partial charge in [0.1, 0.15) is 0 Å². The SMILES string of the molecule is CNCc1ccc(C(N)=O)cc1[N+](=O)[O-]. The highest BCUT2D eigenvalue weighted by Gasteiger charge is 2.15. The molecule has 3 N–H and O–H groups in total. The van der Waals surface area contributed by atoms with E-state index >= 15 is 0 Å². The smallest absolute Gasteiger partial charge is 0.274 e. The third-order valence-electron chi connectivity index (χ3n) is 1.93. The number of hydrogen-bond acceptors (Lipinski definition) is 4. The van der Waals surface area contributed by atoms with Crippen LogP contribution in [0.2, 0.25) is 0 Å². The van der Waals surface area contributed by atoms with Crippen LogP contribution in [-0.2, 0) is 6.54 Å². The lowest BCUT2D eigenvalue weighted by Gasteiger charge is -2.03. The fraction of sp³-hybridized carbons (Fsp3) is 0.222. The Morgan fingerprint density at radius 2 is 2.27 bits per heavy atom. The van der Waals surface area contributed by atoms with Crippen molar-refractivity contribution in [3.8, 4) is 0 Å². The molecule has 0 aromatic heterocycles. The second-order valence-electron chi connectivity index (χ2n) is 3.00. The largest absolute Gasteiger partial charge is 0.366 e. The lowest BCUT2D eigenvalue weighted by atomic mass is 10.1. The van der Waals surface area contributed by atoms with Gasteiger partial charge >= 0.3 is 0 Å². The van der Waals surface area contributed by atoms with Crippen LogP contribution >= 0.6 is 0 Å². The second-order valence-corrected chi connectivity index (χ2v) is 3.00. The Labute approximate surface area is 86.2 Å². The average molecular weight is 209 g/mol. The third-order valence-corrected chi connectivity index (χ3v) is 1.93. The maximum Gasteiger partial charge on any atom is 0.274 e. The fourth-order valence-electron chi connectivity index (χ4n) is 1.23. The standard InChI is InChI=1S/C9H11N3O3/c1-11-5-7-3-2-6(9(10)13)4-8(7)12(14)15/h2-4,11H,5H2,1H3,(H2,10,13). The van der Waals surface area contributed by atoms with Gasteiger partial charge in [-0.05, 0) is 13.1 Å². The summed E-state index contributed by atoms with van der Waals surface area (Å²) in [5.74, 6) is -0.672. The number of nitro groups is 1. The number of amides is 1. The summed E-state index contributed by atoms with van der Waals surface area (Å²) < 4.78 is 0. The molecule has 1 rings (SSSR count). The van der Waals surface area contributed by atoms with Crippen LogP contribution in [0.1, 0.15) is 15.9 Å². The monoisotopic (exact) mass is 209 g/mol. The van der Waals surface area contributed by atoms with Gasteiger partial charge in [-0.1, -0.05) is 6.07 Å². The van der Waals surface area contributed by atoms with Crippen LogP contribution in [0, 0.1) is 10.1 Å². The molecule has 0 bridgehead atoms. The molecule has 0 spiro atoms. The maximum absolute atomic E-state index is 10.8. The van der Waals surface area contributed by atoms with Crippen LogP contribution in [0.3, 0.4) is 0 Å². The van der Waals surface area contributed by atoms with E-state index < -0.39 is 10.8 Å². The number of nitrogens with one attached hydrogen (secondary N) is 1. The molecule has 0 aliphatic heterocycles. The van der Waals surface area contributed by atoms with Gasteiger partial charge in [-0.2, -0.15) is 0 Å². The highest BCUT2D eigenvalue weighted by Crippen LogP contribution is 2.19. The van der Waals surface area contributed by atoms with Crippen molar-refractivity contribution < 1.29 is 9.72 Å². The molecule has 1 aromatic rings. The molecular weight excluding hydrogens is 198 g/mol. The minimum atomic E-state index is -0.672. The number of nitrogens with two attached hydrogens (primary N) is 1. The van der Waals surface area contributed by atoms with E-state index in [-0.39, 0.29) is 11.3 Å². The lowest BCUT2D eigenvalue weighted by molar-refractivity contribution is -0.385. The van der Waals surface area contributed by atoms with Crippen LogP contribution in [0.25, 0.3) is 0 Å². The summed E-state index contributed by atoms with van der Waals surface area (Å²) in [5.41, 5.74) is 5.59. The van der Waals surface area contributed by atoms with Crippen LogP contribution in [0.5, 0.6) is 0 Å². The molecule has 80 valence electrons. The third kappa shape index (κ3) is 2.50. The molecule has 0 heterocycles. The number of hydrogen-bond donors (Lipinski definition) is 2. The molecular formula is C9H11N3O3. The van der Waals surface area contributed by atoms with Crippen LogP contribution < -0.4 is 11.1 Å². The summed E-state index contributed by atoms with van der Waals surface area (Å²) in [6.45, 7) is 0.370. The van der Waals surface area contributed by atoms with Gasteiger partial charge in [0.25, 0.3) is 5.69 Å². The van der Waals surface area contributed by atoms with Gasteiger partial charge in [-0.15, -0.1) is 0 Å². The molecule has 0 radical (unpaired) electrons. The Morgan fingerprint density at radius 3 is 2.73 bits per heavy atom.